The van der Waals surface area contributed by atoms with Gasteiger partial charge in [0.1, 0.15) is 21.1 Å². The predicted molar refractivity (Wildman–Crippen MR) is 183 cm³/mol. The minimum Gasteiger partial charge on any atom is -0.462 e. The lowest BCUT2D eigenvalue weighted by Crippen LogP contribution is -2.21. The maximum absolute atomic E-state index is 13.7. The lowest BCUT2D eigenvalue weighted by Gasteiger charge is -2.12. The number of anilines is 2. The zero-order valence-electron chi connectivity index (χ0n) is 25.8. The van der Waals surface area contributed by atoms with Crippen molar-refractivity contribution < 1.29 is 28.7 Å². The summed E-state index contributed by atoms with van der Waals surface area (Å²) in [6.45, 7) is 7.71. The van der Waals surface area contributed by atoms with Gasteiger partial charge in [0.05, 0.1) is 24.3 Å². The van der Waals surface area contributed by atoms with Crippen LogP contribution in [-0.4, -0.2) is 37.0 Å². The van der Waals surface area contributed by atoms with Crippen LogP contribution in [0.25, 0.3) is 22.3 Å². The number of ether oxygens (including phenoxy) is 2. The molecule has 0 fully saturated rings. The van der Waals surface area contributed by atoms with E-state index in [1.807, 2.05) is 62.4 Å². The fourth-order valence-electron chi connectivity index (χ4n) is 4.82. The second-order valence-corrected chi connectivity index (χ2v) is 12.1. The topological polar surface area (TPSA) is 111 Å². The van der Waals surface area contributed by atoms with Gasteiger partial charge >= 0.3 is 11.9 Å². The summed E-state index contributed by atoms with van der Waals surface area (Å²) in [6.07, 6.45) is 0. The third kappa shape index (κ3) is 6.93. The molecule has 46 heavy (non-hydrogen) atoms. The minimum atomic E-state index is -0.578. The Hall–Kier alpha value is -5.06. The predicted octanol–water partition coefficient (Wildman–Crippen LogP) is 8.62. The number of aryl methyl sites for hydroxylation is 2. The van der Waals surface area contributed by atoms with Gasteiger partial charge in [-0.1, -0.05) is 71.8 Å². The van der Waals surface area contributed by atoms with E-state index in [0.717, 1.165) is 22.3 Å². The molecule has 234 valence electrons. The lowest BCUT2D eigenvalue weighted by atomic mass is 10.0. The molecule has 0 saturated carbocycles. The molecule has 10 heteroatoms. The Morgan fingerprint density at radius 1 is 0.587 bits per heavy atom. The highest BCUT2D eigenvalue weighted by Gasteiger charge is 2.27. The molecule has 0 unspecified atom stereocenters. The summed E-state index contributed by atoms with van der Waals surface area (Å²) in [5.74, 6) is -2.28. The smallest absolute Gasteiger partial charge is 0.341 e. The molecule has 0 aliphatic heterocycles. The molecule has 2 N–H and O–H groups in total. The first-order valence-electron chi connectivity index (χ1n) is 14.6. The van der Waals surface area contributed by atoms with Gasteiger partial charge in [-0.25, -0.2) is 9.59 Å². The van der Waals surface area contributed by atoms with Crippen LogP contribution in [0.5, 0.6) is 0 Å². The van der Waals surface area contributed by atoms with Crippen molar-refractivity contribution in [2.24, 2.45) is 0 Å². The third-order valence-corrected chi connectivity index (χ3v) is 8.93. The molecule has 0 radical (unpaired) electrons. The number of carbonyl (C=O) groups is 4. The zero-order chi connectivity index (χ0) is 32.8. The fourth-order valence-corrected chi connectivity index (χ4v) is 6.73. The number of benzene rings is 3. The van der Waals surface area contributed by atoms with Crippen molar-refractivity contribution in [1.29, 1.82) is 0 Å². The number of esters is 2. The molecule has 3 aromatic carbocycles. The van der Waals surface area contributed by atoms with Gasteiger partial charge in [-0.15, -0.1) is 22.7 Å². The van der Waals surface area contributed by atoms with Gasteiger partial charge in [-0.2, -0.15) is 0 Å². The van der Waals surface area contributed by atoms with Crippen LogP contribution in [0.3, 0.4) is 0 Å². The fraction of sp³-hybridized carbons (Fsp3) is 0.167. The highest BCUT2D eigenvalue weighted by atomic mass is 32.1. The zero-order valence-corrected chi connectivity index (χ0v) is 27.4. The van der Waals surface area contributed by atoms with Crippen LogP contribution in [0.4, 0.5) is 10.0 Å². The van der Waals surface area contributed by atoms with Crippen LogP contribution in [0.15, 0.2) is 83.6 Å². The average molecular weight is 653 g/mol. The summed E-state index contributed by atoms with van der Waals surface area (Å²) in [4.78, 5) is 53.5. The number of hydrogen-bond acceptors (Lipinski definition) is 8. The van der Waals surface area contributed by atoms with E-state index in [0.29, 0.717) is 21.1 Å². The maximum atomic E-state index is 13.7. The van der Waals surface area contributed by atoms with Crippen molar-refractivity contribution in [3.63, 3.8) is 0 Å². The van der Waals surface area contributed by atoms with Crippen molar-refractivity contribution in [2.75, 3.05) is 23.8 Å². The Morgan fingerprint density at radius 3 is 1.30 bits per heavy atom. The monoisotopic (exact) mass is 652 g/mol. The van der Waals surface area contributed by atoms with Crippen molar-refractivity contribution in [1.82, 2.24) is 0 Å². The highest BCUT2D eigenvalue weighted by molar-refractivity contribution is 7.15. The number of carbonyl (C=O) groups excluding carboxylic acids is 4. The molecule has 0 bridgehead atoms. The summed E-state index contributed by atoms with van der Waals surface area (Å²) in [6, 6.07) is 21.8. The molecular formula is C36H32N2O6S2. The van der Waals surface area contributed by atoms with Crippen LogP contribution in [0.2, 0.25) is 0 Å². The van der Waals surface area contributed by atoms with E-state index in [1.54, 1.807) is 36.7 Å². The molecule has 0 saturated heterocycles. The third-order valence-electron chi connectivity index (χ3n) is 7.14. The Balaban J connectivity index is 1.45. The summed E-state index contributed by atoms with van der Waals surface area (Å²) in [7, 11) is 0. The van der Waals surface area contributed by atoms with Gasteiger partial charge in [0.2, 0.25) is 0 Å². The van der Waals surface area contributed by atoms with E-state index in [4.69, 9.17) is 9.47 Å². The van der Waals surface area contributed by atoms with Crippen molar-refractivity contribution in [3.05, 3.63) is 117 Å². The van der Waals surface area contributed by atoms with Gasteiger partial charge in [0.15, 0.2) is 0 Å². The minimum absolute atomic E-state index is 0.0908. The molecule has 0 spiro atoms. The average Bonchev–Trinajstić information content (AvgIpc) is 3.66. The number of nitrogens with one attached hydrogen (secondary N) is 2. The standard InChI is InChI=1S/C36H32N2O6S2/c1-5-43-35(41)29-27(23-15-11-21(3)12-16-23)19-45-33(29)37-31(39)25-9-7-8-10-26(25)32(40)38-34-30(36(42)44-6-2)28(20-46-34)24-17-13-22(4)14-18-24/h7-20H,5-6H2,1-4H3,(H,37,39)(H,38,40). The Bertz CT molecular complexity index is 1770. The quantitative estimate of drug-likeness (QED) is 0.146. The van der Waals surface area contributed by atoms with E-state index >= 15 is 0 Å². The first-order chi connectivity index (χ1) is 22.2. The normalized spacial score (nSPS) is 10.7. The maximum Gasteiger partial charge on any atom is 0.341 e. The molecule has 5 rings (SSSR count). The van der Waals surface area contributed by atoms with Crippen LogP contribution in [-0.2, 0) is 9.47 Å². The second-order valence-electron chi connectivity index (χ2n) is 10.3. The number of amides is 2. The van der Waals surface area contributed by atoms with Crippen LogP contribution < -0.4 is 10.6 Å². The Kier molecular flexibility index (Phi) is 10.1. The first-order valence-corrected chi connectivity index (χ1v) is 16.4. The molecule has 5 aromatic rings. The van der Waals surface area contributed by atoms with Gasteiger partial charge in [-0.3, -0.25) is 9.59 Å². The Morgan fingerprint density at radius 2 is 0.957 bits per heavy atom. The summed E-state index contributed by atoms with van der Waals surface area (Å²) in [5.41, 5.74) is 5.70. The molecule has 2 amide bonds. The highest BCUT2D eigenvalue weighted by Crippen LogP contribution is 2.38. The van der Waals surface area contributed by atoms with E-state index < -0.39 is 23.8 Å². The molecule has 0 aliphatic rings. The molecule has 0 aliphatic carbocycles. The summed E-state index contributed by atoms with van der Waals surface area (Å²) >= 11 is 2.39. The summed E-state index contributed by atoms with van der Waals surface area (Å²) in [5, 5.41) is 9.86. The van der Waals surface area contributed by atoms with Gasteiger partial charge in [0, 0.05) is 21.9 Å². The lowest BCUT2D eigenvalue weighted by molar-refractivity contribution is 0.0519. The van der Waals surface area contributed by atoms with Gasteiger partial charge in [0.25, 0.3) is 11.8 Å². The van der Waals surface area contributed by atoms with E-state index in [9.17, 15) is 19.2 Å². The van der Waals surface area contributed by atoms with Crippen LogP contribution in [0.1, 0.15) is 66.4 Å². The van der Waals surface area contributed by atoms with Crippen molar-refractivity contribution >= 4 is 56.4 Å². The molecule has 2 heterocycles. The van der Waals surface area contributed by atoms with E-state index in [1.165, 1.54) is 34.8 Å². The SMILES string of the molecule is CCOC(=O)c1c(-c2ccc(C)cc2)csc1NC(=O)c1ccccc1C(=O)Nc1scc(-c2ccc(C)cc2)c1C(=O)OCC. The van der Waals surface area contributed by atoms with Gasteiger partial charge < -0.3 is 20.1 Å². The van der Waals surface area contributed by atoms with E-state index in [2.05, 4.69) is 10.6 Å². The number of thiophene rings is 2. The molecular weight excluding hydrogens is 621 g/mol. The molecule has 0 atom stereocenters. The van der Waals surface area contributed by atoms with Crippen molar-refractivity contribution in [3.8, 4) is 22.3 Å². The van der Waals surface area contributed by atoms with Gasteiger partial charge in [-0.05, 0) is 51.0 Å². The second kappa shape index (κ2) is 14.4. The van der Waals surface area contributed by atoms with Crippen molar-refractivity contribution in [2.45, 2.75) is 27.7 Å². The van der Waals surface area contributed by atoms with Crippen LogP contribution in [0, 0.1) is 13.8 Å². The number of hydrogen-bond donors (Lipinski definition) is 2. The Labute approximate surface area is 275 Å². The first kappa shape index (κ1) is 32.3. The number of rotatable bonds is 10. The summed E-state index contributed by atoms with van der Waals surface area (Å²) < 4.78 is 10.7. The molecule has 2 aromatic heterocycles. The largest absolute Gasteiger partial charge is 0.462 e. The molecule has 8 nitrogen and oxygen atoms in total. The van der Waals surface area contributed by atoms with E-state index in [-0.39, 0.29) is 35.5 Å². The van der Waals surface area contributed by atoms with Crippen LogP contribution >= 0.6 is 22.7 Å².